The summed E-state index contributed by atoms with van der Waals surface area (Å²) >= 11 is 0. The van der Waals surface area contributed by atoms with Gasteiger partial charge in [-0.1, -0.05) is 0 Å². The fraction of sp³-hybridized carbons (Fsp3) is 0.545. The van der Waals surface area contributed by atoms with Crippen molar-refractivity contribution in [3.05, 3.63) is 12.4 Å². The first-order valence-corrected chi connectivity index (χ1v) is 5.42. The molecule has 0 aliphatic rings. The molecule has 0 aromatic carbocycles. The van der Waals surface area contributed by atoms with Crippen LogP contribution >= 0.6 is 0 Å². The molecular formula is C11H17N5O. The minimum absolute atomic E-state index is 0.0798. The lowest BCUT2D eigenvalue weighted by Gasteiger charge is -2.21. The molecule has 6 heteroatoms. The molecule has 0 atom stereocenters. The molecule has 0 aliphatic heterocycles. The zero-order valence-electron chi connectivity index (χ0n) is 10.8. The third kappa shape index (κ3) is 2.02. The van der Waals surface area contributed by atoms with E-state index in [0.29, 0.717) is 5.88 Å². The second-order valence-electron chi connectivity index (χ2n) is 4.89. The maximum Gasteiger partial charge on any atom is 0.211 e. The molecule has 0 spiro atoms. The van der Waals surface area contributed by atoms with Crippen molar-refractivity contribution in [2.24, 2.45) is 7.05 Å². The van der Waals surface area contributed by atoms with Crippen molar-refractivity contribution in [1.29, 1.82) is 0 Å². The number of hydrogen-bond donors (Lipinski definition) is 0. The molecular weight excluding hydrogens is 218 g/mol. The molecule has 17 heavy (non-hydrogen) atoms. The van der Waals surface area contributed by atoms with Gasteiger partial charge in [0.15, 0.2) is 5.82 Å². The summed E-state index contributed by atoms with van der Waals surface area (Å²) in [5.74, 6) is 1.44. The van der Waals surface area contributed by atoms with Gasteiger partial charge in [0.1, 0.15) is 12.0 Å². The van der Waals surface area contributed by atoms with Gasteiger partial charge in [-0.2, -0.15) is 5.10 Å². The van der Waals surface area contributed by atoms with Crippen LogP contribution in [0.1, 0.15) is 20.8 Å². The van der Waals surface area contributed by atoms with E-state index in [1.54, 1.807) is 18.1 Å². The first-order chi connectivity index (χ1) is 7.93. The summed E-state index contributed by atoms with van der Waals surface area (Å²) in [7, 11) is 3.45. The van der Waals surface area contributed by atoms with E-state index in [9.17, 15) is 0 Å². The average Bonchev–Trinajstić information content (AvgIpc) is 2.81. The van der Waals surface area contributed by atoms with Crippen LogP contribution in [-0.4, -0.2) is 31.7 Å². The maximum atomic E-state index is 5.19. The Morgan fingerprint density at radius 2 is 2.00 bits per heavy atom. The van der Waals surface area contributed by atoms with Crippen LogP contribution in [0, 0.1) is 0 Å². The molecule has 0 fully saturated rings. The molecule has 92 valence electrons. The van der Waals surface area contributed by atoms with Gasteiger partial charge < -0.3 is 9.30 Å². The molecule has 0 amide bonds. The molecule has 2 aromatic heterocycles. The summed E-state index contributed by atoms with van der Waals surface area (Å²) in [4.78, 5) is 0. The highest BCUT2D eigenvalue weighted by molar-refractivity contribution is 5.51. The van der Waals surface area contributed by atoms with Crippen LogP contribution in [0.25, 0.3) is 11.5 Å². The van der Waals surface area contributed by atoms with Crippen LogP contribution in [0.5, 0.6) is 5.88 Å². The van der Waals surface area contributed by atoms with Crippen molar-refractivity contribution in [3.63, 3.8) is 0 Å². The van der Waals surface area contributed by atoms with Crippen molar-refractivity contribution in [3.8, 4) is 17.4 Å². The Morgan fingerprint density at radius 3 is 2.53 bits per heavy atom. The number of ether oxygens (including phenoxy) is 1. The second kappa shape index (κ2) is 3.87. The summed E-state index contributed by atoms with van der Waals surface area (Å²) in [6, 6.07) is 1.85. The van der Waals surface area contributed by atoms with Crippen LogP contribution < -0.4 is 4.74 Å². The van der Waals surface area contributed by atoms with E-state index < -0.39 is 0 Å². The maximum absolute atomic E-state index is 5.19. The topological polar surface area (TPSA) is 57.8 Å². The Hall–Kier alpha value is -1.85. The third-order valence-electron chi connectivity index (χ3n) is 2.55. The Morgan fingerprint density at radius 1 is 1.29 bits per heavy atom. The van der Waals surface area contributed by atoms with Crippen molar-refractivity contribution in [1.82, 2.24) is 24.5 Å². The van der Waals surface area contributed by atoms with E-state index >= 15 is 0 Å². The molecule has 2 heterocycles. The first-order valence-electron chi connectivity index (χ1n) is 5.42. The van der Waals surface area contributed by atoms with E-state index in [4.69, 9.17) is 4.74 Å². The molecule has 0 bridgehead atoms. The molecule has 0 aliphatic carbocycles. The van der Waals surface area contributed by atoms with E-state index in [2.05, 4.69) is 36.1 Å². The quantitative estimate of drug-likeness (QED) is 0.790. The van der Waals surface area contributed by atoms with E-state index in [1.165, 1.54) is 0 Å². The lowest BCUT2D eigenvalue weighted by molar-refractivity contribution is 0.373. The predicted octanol–water partition coefficient (Wildman–Crippen LogP) is 1.44. The summed E-state index contributed by atoms with van der Waals surface area (Å²) in [5.41, 5.74) is 0.681. The normalized spacial score (nSPS) is 11.8. The highest BCUT2D eigenvalue weighted by Gasteiger charge is 2.21. The predicted molar refractivity (Wildman–Crippen MR) is 63.8 cm³/mol. The molecule has 0 N–H and O–H groups in total. The van der Waals surface area contributed by atoms with Crippen molar-refractivity contribution < 1.29 is 4.74 Å². The minimum atomic E-state index is -0.0798. The average molecular weight is 235 g/mol. The van der Waals surface area contributed by atoms with Gasteiger partial charge in [-0.05, 0) is 20.8 Å². The second-order valence-corrected chi connectivity index (χ2v) is 4.89. The highest BCUT2D eigenvalue weighted by Crippen LogP contribution is 2.25. The molecule has 0 saturated heterocycles. The summed E-state index contributed by atoms with van der Waals surface area (Å²) in [6.45, 7) is 6.29. The zero-order chi connectivity index (χ0) is 12.6. The highest BCUT2D eigenvalue weighted by atomic mass is 16.5. The number of aryl methyl sites for hydroxylation is 1. The Bertz CT molecular complexity index is 520. The molecule has 0 radical (unpaired) electrons. The van der Waals surface area contributed by atoms with Crippen molar-refractivity contribution >= 4 is 0 Å². The van der Waals surface area contributed by atoms with Crippen LogP contribution in [0.2, 0.25) is 0 Å². The molecule has 2 aromatic rings. The zero-order valence-corrected chi connectivity index (χ0v) is 10.8. The van der Waals surface area contributed by atoms with Crippen LogP contribution in [-0.2, 0) is 12.6 Å². The van der Waals surface area contributed by atoms with Gasteiger partial charge in [0.05, 0.1) is 7.11 Å². The van der Waals surface area contributed by atoms with Crippen LogP contribution in [0.4, 0.5) is 0 Å². The van der Waals surface area contributed by atoms with Gasteiger partial charge in [-0.3, -0.25) is 0 Å². The fourth-order valence-electron chi connectivity index (χ4n) is 1.65. The minimum Gasteiger partial charge on any atom is -0.481 e. The smallest absolute Gasteiger partial charge is 0.211 e. The van der Waals surface area contributed by atoms with Gasteiger partial charge in [0.25, 0.3) is 0 Å². The summed E-state index contributed by atoms with van der Waals surface area (Å²) in [6.07, 6.45) is 1.72. The summed E-state index contributed by atoms with van der Waals surface area (Å²) in [5, 5.41) is 12.4. The molecule has 6 nitrogen and oxygen atoms in total. The number of aromatic nitrogens is 5. The number of hydrogen-bond acceptors (Lipinski definition) is 4. The molecule has 0 saturated carbocycles. The molecule has 0 unspecified atom stereocenters. The van der Waals surface area contributed by atoms with E-state index in [1.807, 2.05) is 17.7 Å². The molecule has 2 rings (SSSR count). The van der Waals surface area contributed by atoms with Gasteiger partial charge in [0.2, 0.25) is 5.88 Å². The van der Waals surface area contributed by atoms with Crippen LogP contribution in [0.3, 0.4) is 0 Å². The Labute approximate surface area is 100 Å². The monoisotopic (exact) mass is 235 g/mol. The fourth-order valence-corrected chi connectivity index (χ4v) is 1.65. The lowest BCUT2D eigenvalue weighted by Crippen LogP contribution is -2.22. The summed E-state index contributed by atoms with van der Waals surface area (Å²) < 4.78 is 8.86. The SMILES string of the molecule is COc1cc(-c2nncn2C(C)(C)C)nn1C. The van der Waals surface area contributed by atoms with Gasteiger partial charge in [-0.15, -0.1) is 10.2 Å². The Kier molecular flexibility index (Phi) is 2.65. The van der Waals surface area contributed by atoms with E-state index in [0.717, 1.165) is 11.5 Å². The van der Waals surface area contributed by atoms with E-state index in [-0.39, 0.29) is 5.54 Å². The van der Waals surface area contributed by atoms with Crippen LogP contribution in [0.15, 0.2) is 12.4 Å². The number of rotatable bonds is 2. The first kappa shape index (κ1) is 11.6. The number of nitrogens with zero attached hydrogens (tertiary/aromatic N) is 5. The van der Waals surface area contributed by atoms with Gasteiger partial charge in [0, 0.05) is 18.7 Å². The standard InChI is InChI=1S/C11H17N5O/c1-11(2,3)16-7-12-13-10(16)8-6-9(17-5)15(4)14-8/h6-7H,1-5H3. The lowest BCUT2D eigenvalue weighted by atomic mass is 10.1. The third-order valence-corrected chi connectivity index (χ3v) is 2.55. The largest absolute Gasteiger partial charge is 0.481 e. The van der Waals surface area contributed by atoms with Crippen molar-refractivity contribution in [2.45, 2.75) is 26.3 Å². The number of methoxy groups -OCH3 is 1. The Balaban J connectivity index is 2.50. The van der Waals surface area contributed by atoms with Gasteiger partial charge >= 0.3 is 0 Å². The van der Waals surface area contributed by atoms with Gasteiger partial charge in [-0.25, -0.2) is 4.68 Å². The van der Waals surface area contributed by atoms with Crippen molar-refractivity contribution in [2.75, 3.05) is 7.11 Å².